The van der Waals surface area contributed by atoms with E-state index in [2.05, 4.69) is 19.2 Å². The Labute approximate surface area is 104 Å². The lowest BCUT2D eigenvalue weighted by molar-refractivity contribution is 0.119. The molecule has 5 heteroatoms. The second-order valence-electron chi connectivity index (χ2n) is 5.18. The molecule has 0 saturated heterocycles. The zero-order chi connectivity index (χ0) is 12.4. The van der Waals surface area contributed by atoms with E-state index < -0.39 is 9.84 Å². The number of hydrogen-bond acceptors (Lipinski definition) is 3. The summed E-state index contributed by atoms with van der Waals surface area (Å²) in [6.45, 7) is 6.66. The van der Waals surface area contributed by atoms with Crippen LogP contribution in [-0.4, -0.2) is 37.9 Å². The van der Waals surface area contributed by atoms with E-state index >= 15 is 0 Å². The Morgan fingerprint density at radius 3 is 2.44 bits per heavy atom. The van der Waals surface area contributed by atoms with E-state index in [0.29, 0.717) is 24.8 Å². The first-order valence-electron chi connectivity index (χ1n) is 5.87. The molecule has 0 bridgehead atoms. The molecular formula is C11H22ClNO2S. The fourth-order valence-corrected chi connectivity index (χ4v) is 3.61. The van der Waals surface area contributed by atoms with Gasteiger partial charge in [-0.1, -0.05) is 20.8 Å². The van der Waals surface area contributed by atoms with Crippen molar-refractivity contribution in [1.29, 1.82) is 0 Å². The molecular weight excluding hydrogens is 246 g/mol. The van der Waals surface area contributed by atoms with E-state index in [9.17, 15) is 8.42 Å². The van der Waals surface area contributed by atoms with Crippen LogP contribution in [0.15, 0.2) is 0 Å². The molecule has 1 saturated carbocycles. The molecule has 0 heterocycles. The minimum absolute atomic E-state index is 0.0794. The molecule has 1 N–H and O–H groups in total. The van der Waals surface area contributed by atoms with Crippen LogP contribution in [0.3, 0.4) is 0 Å². The van der Waals surface area contributed by atoms with E-state index in [-0.39, 0.29) is 16.5 Å². The molecule has 2 unspecified atom stereocenters. The summed E-state index contributed by atoms with van der Waals surface area (Å²) in [7, 11) is -2.86. The maximum atomic E-state index is 11.5. The maximum Gasteiger partial charge on any atom is 0.151 e. The van der Waals surface area contributed by atoms with Crippen molar-refractivity contribution < 1.29 is 8.42 Å². The van der Waals surface area contributed by atoms with Gasteiger partial charge in [-0.25, -0.2) is 8.42 Å². The molecule has 1 aliphatic carbocycles. The summed E-state index contributed by atoms with van der Waals surface area (Å²) in [4.78, 5) is 0. The average Bonchev–Trinajstić information content (AvgIpc) is 2.16. The minimum atomic E-state index is -2.86. The molecule has 96 valence electrons. The fourth-order valence-electron chi connectivity index (χ4n) is 2.02. The molecule has 0 spiro atoms. The molecule has 0 radical (unpaired) electrons. The van der Waals surface area contributed by atoms with Crippen LogP contribution >= 0.6 is 11.6 Å². The molecule has 0 aromatic heterocycles. The smallest absolute Gasteiger partial charge is 0.151 e. The van der Waals surface area contributed by atoms with Crippen LogP contribution in [-0.2, 0) is 9.84 Å². The van der Waals surface area contributed by atoms with Crippen molar-refractivity contribution in [2.75, 3.05) is 18.1 Å². The number of alkyl halides is 1. The number of nitrogens with one attached hydrogen (secondary N) is 1. The molecule has 16 heavy (non-hydrogen) atoms. The Hall–Kier alpha value is 0.200. The van der Waals surface area contributed by atoms with E-state index in [1.165, 1.54) is 0 Å². The molecule has 0 aliphatic heterocycles. The van der Waals surface area contributed by atoms with Crippen LogP contribution in [0.5, 0.6) is 0 Å². The zero-order valence-electron chi connectivity index (χ0n) is 10.3. The van der Waals surface area contributed by atoms with E-state index in [4.69, 9.17) is 11.6 Å². The van der Waals surface area contributed by atoms with Gasteiger partial charge >= 0.3 is 0 Å². The Bertz CT molecular complexity index is 327. The van der Waals surface area contributed by atoms with Gasteiger partial charge in [-0.3, -0.25) is 0 Å². The molecule has 0 amide bonds. The standard InChI is InChI=1S/C11H22ClNO2S/c1-4-6-16(14,15)7-5-13-10-8-9(12)11(10,2)3/h9-10,13H,4-8H2,1-3H3. The number of rotatable bonds is 6. The van der Waals surface area contributed by atoms with Crippen molar-refractivity contribution >= 4 is 21.4 Å². The van der Waals surface area contributed by atoms with Crippen molar-refractivity contribution in [3.05, 3.63) is 0 Å². The van der Waals surface area contributed by atoms with Crippen LogP contribution in [0.2, 0.25) is 0 Å². The van der Waals surface area contributed by atoms with Crippen LogP contribution < -0.4 is 5.32 Å². The van der Waals surface area contributed by atoms with Gasteiger partial charge in [0.25, 0.3) is 0 Å². The fraction of sp³-hybridized carbons (Fsp3) is 1.00. The Morgan fingerprint density at radius 2 is 2.00 bits per heavy atom. The predicted octanol–water partition coefficient (Wildman–Crippen LogP) is 1.81. The zero-order valence-corrected chi connectivity index (χ0v) is 11.9. The Balaban J connectivity index is 2.27. The highest BCUT2D eigenvalue weighted by molar-refractivity contribution is 7.91. The van der Waals surface area contributed by atoms with Crippen molar-refractivity contribution in [3.8, 4) is 0 Å². The van der Waals surface area contributed by atoms with E-state index in [1.807, 2.05) is 6.92 Å². The number of sulfone groups is 1. The highest BCUT2D eigenvalue weighted by Gasteiger charge is 2.46. The van der Waals surface area contributed by atoms with Crippen LogP contribution in [0.4, 0.5) is 0 Å². The van der Waals surface area contributed by atoms with Crippen molar-refractivity contribution in [2.45, 2.75) is 45.0 Å². The number of halogens is 1. The van der Waals surface area contributed by atoms with Crippen LogP contribution in [0, 0.1) is 5.41 Å². The summed E-state index contributed by atoms with van der Waals surface area (Å²) in [6, 6.07) is 0.354. The molecule has 0 aromatic rings. The maximum absolute atomic E-state index is 11.5. The minimum Gasteiger partial charge on any atom is -0.312 e. The quantitative estimate of drug-likeness (QED) is 0.747. The summed E-state index contributed by atoms with van der Waals surface area (Å²) in [5.74, 6) is 0.529. The summed E-state index contributed by atoms with van der Waals surface area (Å²) < 4.78 is 23.0. The van der Waals surface area contributed by atoms with Gasteiger partial charge in [0.1, 0.15) is 0 Å². The van der Waals surface area contributed by atoms with Gasteiger partial charge in [0.05, 0.1) is 5.75 Å². The molecule has 1 aliphatic rings. The normalized spacial score (nSPS) is 28.8. The molecule has 2 atom stereocenters. The summed E-state index contributed by atoms with van der Waals surface area (Å²) in [5.41, 5.74) is 0.0794. The molecule has 3 nitrogen and oxygen atoms in total. The number of hydrogen-bond donors (Lipinski definition) is 1. The second-order valence-corrected chi connectivity index (χ2v) is 8.01. The molecule has 1 rings (SSSR count). The molecule has 1 fully saturated rings. The third-order valence-corrected chi connectivity index (χ3v) is 6.06. The van der Waals surface area contributed by atoms with Gasteiger partial charge in [0.15, 0.2) is 9.84 Å². The monoisotopic (exact) mass is 267 g/mol. The third kappa shape index (κ3) is 3.34. The Morgan fingerprint density at radius 1 is 1.38 bits per heavy atom. The highest BCUT2D eigenvalue weighted by atomic mass is 35.5. The van der Waals surface area contributed by atoms with Crippen LogP contribution in [0.25, 0.3) is 0 Å². The van der Waals surface area contributed by atoms with Gasteiger partial charge in [-0.2, -0.15) is 0 Å². The van der Waals surface area contributed by atoms with Crippen LogP contribution in [0.1, 0.15) is 33.6 Å². The van der Waals surface area contributed by atoms with Gasteiger partial charge in [0, 0.05) is 23.7 Å². The van der Waals surface area contributed by atoms with E-state index in [0.717, 1.165) is 6.42 Å². The largest absolute Gasteiger partial charge is 0.312 e. The summed E-state index contributed by atoms with van der Waals surface area (Å²) in [5, 5.41) is 3.50. The molecule has 0 aromatic carbocycles. The SMILES string of the molecule is CCCS(=O)(=O)CCNC1CC(Cl)C1(C)C. The first-order valence-corrected chi connectivity index (χ1v) is 8.13. The van der Waals surface area contributed by atoms with Gasteiger partial charge in [-0.15, -0.1) is 11.6 Å². The highest BCUT2D eigenvalue weighted by Crippen LogP contribution is 2.44. The lowest BCUT2D eigenvalue weighted by Gasteiger charge is -2.49. The lowest BCUT2D eigenvalue weighted by atomic mass is 9.67. The first kappa shape index (κ1) is 14.3. The third-order valence-electron chi connectivity index (χ3n) is 3.47. The topological polar surface area (TPSA) is 46.2 Å². The van der Waals surface area contributed by atoms with Crippen molar-refractivity contribution in [3.63, 3.8) is 0 Å². The Kier molecular flexibility index (Phi) is 4.66. The van der Waals surface area contributed by atoms with Crippen molar-refractivity contribution in [2.24, 2.45) is 5.41 Å². The summed E-state index contributed by atoms with van der Waals surface area (Å²) >= 11 is 6.10. The van der Waals surface area contributed by atoms with Gasteiger partial charge in [-0.05, 0) is 18.3 Å². The lowest BCUT2D eigenvalue weighted by Crippen LogP contribution is -2.58. The first-order chi connectivity index (χ1) is 7.29. The van der Waals surface area contributed by atoms with Gasteiger partial charge < -0.3 is 5.32 Å². The average molecular weight is 268 g/mol. The predicted molar refractivity (Wildman–Crippen MR) is 68.8 cm³/mol. The second kappa shape index (κ2) is 5.23. The van der Waals surface area contributed by atoms with E-state index in [1.54, 1.807) is 0 Å². The summed E-state index contributed by atoms with van der Waals surface area (Å²) in [6.07, 6.45) is 1.63. The van der Waals surface area contributed by atoms with Crippen molar-refractivity contribution in [1.82, 2.24) is 5.32 Å². The van der Waals surface area contributed by atoms with Gasteiger partial charge in [0.2, 0.25) is 0 Å².